The number of benzene rings is 2. The molecule has 0 radical (unpaired) electrons. The monoisotopic (exact) mass is 371 g/mol. The first-order valence-corrected chi connectivity index (χ1v) is 8.63. The summed E-state index contributed by atoms with van der Waals surface area (Å²) in [4.78, 5) is 25.8. The van der Waals surface area contributed by atoms with Crippen LogP contribution in [0.15, 0.2) is 42.5 Å². The van der Waals surface area contributed by atoms with Crippen LogP contribution in [0.25, 0.3) is 0 Å². The minimum atomic E-state index is -0.361. The molecule has 1 saturated heterocycles. The predicted molar refractivity (Wildman–Crippen MR) is 97.0 cm³/mol. The molecule has 2 aromatic carbocycles. The fraction of sp³-hybridized carbons (Fsp3) is 0.300. The Balaban J connectivity index is 1.77. The lowest BCUT2D eigenvalue weighted by atomic mass is 10.1. The first kappa shape index (κ1) is 18.9. The van der Waals surface area contributed by atoms with E-state index in [4.69, 9.17) is 9.47 Å². The molecular weight excluding hydrogens is 350 g/mol. The molecule has 0 bridgehead atoms. The number of rotatable bonds is 6. The third-order valence-corrected chi connectivity index (χ3v) is 4.50. The smallest absolute Gasteiger partial charge is 0.254 e. The SMILES string of the molecule is O=Cc1c(O)cccc1OC[C@@H]1COCCN1C(=O)c1ccccc1CO. The third kappa shape index (κ3) is 4.10. The summed E-state index contributed by atoms with van der Waals surface area (Å²) in [5.41, 5.74) is 1.07. The van der Waals surface area contributed by atoms with Gasteiger partial charge in [0.2, 0.25) is 0 Å². The number of aldehydes is 1. The molecule has 1 aliphatic heterocycles. The molecule has 1 heterocycles. The van der Waals surface area contributed by atoms with E-state index in [1.165, 1.54) is 6.07 Å². The summed E-state index contributed by atoms with van der Waals surface area (Å²) in [5, 5.41) is 19.2. The maximum absolute atomic E-state index is 13.0. The lowest BCUT2D eigenvalue weighted by molar-refractivity contribution is -0.0152. The van der Waals surface area contributed by atoms with Crippen molar-refractivity contribution in [3.05, 3.63) is 59.2 Å². The van der Waals surface area contributed by atoms with E-state index in [1.807, 2.05) is 0 Å². The quantitative estimate of drug-likeness (QED) is 0.749. The Morgan fingerprint density at radius 3 is 2.85 bits per heavy atom. The van der Waals surface area contributed by atoms with Crippen molar-refractivity contribution >= 4 is 12.2 Å². The zero-order chi connectivity index (χ0) is 19.2. The number of phenols is 1. The van der Waals surface area contributed by atoms with E-state index in [0.29, 0.717) is 37.2 Å². The molecule has 2 N–H and O–H groups in total. The molecule has 1 fully saturated rings. The number of aliphatic hydroxyl groups is 1. The fourth-order valence-corrected chi connectivity index (χ4v) is 3.04. The van der Waals surface area contributed by atoms with Gasteiger partial charge < -0.3 is 24.6 Å². The summed E-state index contributed by atoms with van der Waals surface area (Å²) in [6.07, 6.45) is 0.530. The molecule has 2 aromatic rings. The van der Waals surface area contributed by atoms with E-state index in [9.17, 15) is 19.8 Å². The second-order valence-electron chi connectivity index (χ2n) is 6.16. The van der Waals surface area contributed by atoms with Crippen LogP contribution in [0.2, 0.25) is 0 Å². The first-order valence-electron chi connectivity index (χ1n) is 8.63. The van der Waals surface area contributed by atoms with Gasteiger partial charge in [0, 0.05) is 12.1 Å². The number of nitrogens with zero attached hydrogens (tertiary/aromatic N) is 1. The van der Waals surface area contributed by atoms with Gasteiger partial charge in [-0.05, 0) is 23.8 Å². The maximum Gasteiger partial charge on any atom is 0.254 e. The van der Waals surface area contributed by atoms with Crippen LogP contribution in [-0.2, 0) is 11.3 Å². The Kier molecular flexibility index (Phi) is 6.05. The summed E-state index contributed by atoms with van der Waals surface area (Å²) < 4.78 is 11.2. The highest BCUT2D eigenvalue weighted by molar-refractivity contribution is 5.96. The number of amides is 1. The standard InChI is InChI=1S/C20H21NO6/c22-10-14-4-1-2-5-16(14)20(25)21-8-9-26-12-15(21)13-27-19-7-3-6-18(24)17(19)11-23/h1-7,11,15,22,24H,8-10,12-13H2/t15-/m0/s1. The number of carbonyl (C=O) groups is 2. The Morgan fingerprint density at radius 1 is 1.26 bits per heavy atom. The van der Waals surface area contributed by atoms with Crippen molar-refractivity contribution in [1.29, 1.82) is 0 Å². The number of carbonyl (C=O) groups excluding carboxylic acids is 2. The van der Waals surface area contributed by atoms with Crippen molar-refractivity contribution in [2.24, 2.45) is 0 Å². The zero-order valence-corrected chi connectivity index (χ0v) is 14.7. The molecule has 0 aliphatic carbocycles. The van der Waals surface area contributed by atoms with E-state index >= 15 is 0 Å². The normalized spacial score (nSPS) is 16.8. The van der Waals surface area contributed by atoms with Crippen molar-refractivity contribution in [3.8, 4) is 11.5 Å². The summed E-state index contributed by atoms with van der Waals surface area (Å²) >= 11 is 0. The zero-order valence-electron chi connectivity index (χ0n) is 14.7. The van der Waals surface area contributed by atoms with Crippen LogP contribution in [0.1, 0.15) is 26.3 Å². The first-order chi connectivity index (χ1) is 13.2. The summed E-state index contributed by atoms with van der Waals surface area (Å²) in [6.45, 7) is 0.988. The highest BCUT2D eigenvalue weighted by Gasteiger charge is 2.30. The predicted octanol–water partition coefficient (Wildman–Crippen LogP) is 1.62. The number of aromatic hydroxyl groups is 1. The van der Waals surface area contributed by atoms with E-state index in [2.05, 4.69) is 0 Å². The number of ether oxygens (including phenoxy) is 2. The van der Waals surface area contributed by atoms with Crippen LogP contribution in [0, 0.1) is 0 Å². The molecule has 1 aliphatic rings. The Hall–Kier alpha value is -2.90. The van der Waals surface area contributed by atoms with Crippen LogP contribution in [0.3, 0.4) is 0 Å². The molecule has 1 atom stereocenters. The van der Waals surface area contributed by atoms with Gasteiger partial charge in [-0.15, -0.1) is 0 Å². The minimum absolute atomic E-state index is 0.0673. The van der Waals surface area contributed by atoms with Gasteiger partial charge in [-0.2, -0.15) is 0 Å². The second kappa shape index (κ2) is 8.66. The van der Waals surface area contributed by atoms with E-state index < -0.39 is 0 Å². The van der Waals surface area contributed by atoms with Gasteiger partial charge in [0.15, 0.2) is 6.29 Å². The third-order valence-electron chi connectivity index (χ3n) is 4.50. The molecule has 27 heavy (non-hydrogen) atoms. The average molecular weight is 371 g/mol. The Morgan fingerprint density at radius 2 is 2.07 bits per heavy atom. The Labute approximate surface area is 156 Å². The summed E-state index contributed by atoms with van der Waals surface area (Å²) in [5.74, 6) is -0.117. The highest BCUT2D eigenvalue weighted by Crippen LogP contribution is 2.26. The molecule has 142 valence electrons. The van der Waals surface area contributed by atoms with Crippen LogP contribution >= 0.6 is 0 Å². The molecule has 3 rings (SSSR count). The molecule has 1 amide bonds. The topological polar surface area (TPSA) is 96.3 Å². The van der Waals surface area contributed by atoms with Crippen LogP contribution in [0.5, 0.6) is 11.5 Å². The average Bonchev–Trinajstić information content (AvgIpc) is 2.72. The number of aliphatic hydroxyl groups excluding tert-OH is 1. The van der Waals surface area contributed by atoms with Crippen molar-refractivity contribution < 1.29 is 29.3 Å². The number of phenolic OH excluding ortho intramolecular Hbond substituents is 1. The fourth-order valence-electron chi connectivity index (χ4n) is 3.04. The second-order valence-corrected chi connectivity index (χ2v) is 6.16. The van der Waals surface area contributed by atoms with E-state index in [1.54, 1.807) is 41.3 Å². The van der Waals surface area contributed by atoms with Gasteiger partial charge in [-0.25, -0.2) is 0 Å². The van der Waals surface area contributed by atoms with Gasteiger partial charge >= 0.3 is 0 Å². The molecule has 0 spiro atoms. The van der Waals surface area contributed by atoms with Gasteiger partial charge in [0.1, 0.15) is 18.1 Å². The number of hydrogen-bond donors (Lipinski definition) is 2. The van der Waals surface area contributed by atoms with Gasteiger partial charge in [-0.3, -0.25) is 9.59 Å². The van der Waals surface area contributed by atoms with Crippen LogP contribution in [-0.4, -0.2) is 59.7 Å². The lowest BCUT2D eigenvalue weighted by Crippen LogP contribution is -2.51. The molecule has 7 nitrogen and oxygen atoms in total. The van der Waals surface area contributed by atoms with E-state index in [-0.39, 0.29) is 42.2 Å². The maximum atomic E-state index is 13.0. The minimum Gasteiger partial charge on any atom is -0.507 e. The largest absolute Gasteiger partial charge is 0.507 e. The molecule has 0 aromatic heterocycles. The van der Waals surface area contributed by atoms with Crippen LogP contribution < -0.4 is 4.74 Å². The molecule has 0 saturated carbocycles. The molecular formula is C20H21NO6. The van der Waals surface area contributed by atoms with Gasteiger partial charge in [0.25, 0.3) is 5.91 Å². The van der Waals surface area contributed by atoms with Crippen molar-refractivity contribution in [1.82, 2.24) is 4.90 Å². The number of hydrogen-bond acceptors (Lipinski definition) is 6. The molecule has 7 heteroatoms. The lowest BCUT2D eigenvalue weighted by Gasteiger charge is -2.35. The highest BCUT2D eigenvalue weighted by atomic mass is 16.5. The summed E-state index contributed by atoms with van der Waals surface area (Å²) in [6, 6.07) is 11.1. The Bertz CT molecular complexity index is 822. The van der Waals surface area contributed by atoms with Crippen molar-refractivity contribution in [3.63, 3.8) is 0 Å². The summed E-state index contributed by atoms with van der Waals surface area (Å²) in [7, 11) is 0. The van der Waals surface area contributed by atoms with Gasteiger partial charge in [0.05, 0.1) is 31.4 Å². The van der Waals surface area contributed by atoms with Crippen LogP contribution in [0.4, 0.5) is 0 Å². The van der Waals surface area contributed by atoms with Gasteiger partial charge in [-0.1, -0.05) is 24.3 Å². The van der Waals surface area contributed by atoms with E-state index in [0.717, 1.165) is 0 Å². The van der Waals surface area contributed by atoms with Crippen molar-refractivity contribution in [2.75, 3.05) is 26.4 Å². The van der Waals surface area contributed by atoms with Crippen molar-refractivity contribution in [2.45, 2.75) is 12.6 Å². The molecule has 0 unspecified atom stereocenters. The number of morpholine rings is 1.